The van der Waals surface area contributed by atoms with Crippen LogP contribution in [0.25, 0.3) is 0 Å². The van der Waals surface area contributed by atoms with Gasteiger partial charge >= 0.3 is 5.97 Å². The summed E-state index contributed by atoms with van der Waals surface area (Å²) in [5, 5.41) is 23.4. The highest BCUT2D eigenvalue weighted by molar-refractivity contribution is 5.76. The largest absolute Gasteiger partial charge is 0.466 e. The summed E-state index contributed by atoms with van der Waals surface area (Å²) in [7, 11) is 0. The Labute approximate surface area is 495 Å². The van der Waals surface area contributed by atoms with Crippen molar-refractivity contribution in [2.75, 3.05) is 13.2 Å². The van der Waals surface area contributed by atoms with E-state index >= 15 is 0 Å². The number of allylic oxidation sites excluding steroid dienone is 2. The zero-order chi connectivity index (χ0) is 57.1. The number of esters is 1. The van der Waals surface area contributed by atoms with Gasteiger partial charge in [0.15, 0.2) is 0 Å². The summed E-state index contributed by atoms with van der Waals surface area (Å²) in [6, 6.07) is -0.543. The zero-order valence-electron chi connectivity index (χ0n) is 53.9. The average Bonchev–Trinajstić information content (AvgIpc) is 3.45. The van der Waals surface area contributed by atoms with Gasteiger partial charge in [-0.2, -0.15) is 0 Å². The Morgan fingerprint density at radius 3 is 0.899 bits per heavy atom. The van der Waals surface area contributed by atoms with Crippen molar-refractivity contribution in [3.8, 4) is 0 Å². The van der Waals surface area contributed by atoms with Crippen LogP contribution >= 0.6 is 0 Å². The summed E-state index contributed by atoms with van der Waals surface area (Å²) in [5.74, 6) is -0.0138. The summed E-state index contributed by atoms with van der Waals surface area (Å²) >= 11 is 0. The van der Waals surface area contributed by atoms with Crippen LogP contribution in [0.1, 0.15) is 418 Å². The van der Waals surface area contributed by atoms with Crippen molar-refractivity contribution in [2.45, 2.75) is 431 Å². The highest BCUT2D eigenvalue weighted by Crippen LogP contribution is 2.19. The molecule has 0 spiro atoms. The van der Waals surface area contributed by atoms with E-state index in [1.54, 1.807) is 0 Å². The van der Waals surface area contributed by atoms with Crippen LogP contribution in [0.15, 0.2) is 12.2 Å². The molecule has 3 N–H and O–H groups in total. The Kier molecular flexibility index (Phi) is 67.9. The van der Waals surface area contributed by atoms with Gasteiger partial charge in [0.2, 0.25) is 5.91 Å². The van der Waals surface area contributed by atoms with Gasteiger partial charge in [0.1, 0.15) is 0 Å². The second kappa shape index (κ2) is 69.1. The van der Waals surface area contributed by atoms with E-state index in [1.165, 1.54) is 347 Å². The van der Waals surface area contributed by atoms with Crippen LogP contribution in [-0.4, -0.2) is 47.4 Å². The Hall–Kier alpha value is -1.40. The number of rotatable bonds is 69. The normalized spacial score (nSPS) is 12.5. The smallest absolute Gasteiger partial charge is 0.305 e. The third-order valence-corrected chi connectivity index (χ3v) is 17.3. The molecule has 0 rings (SSSR count). The average molecular weight is 1110 g/mol. The van der Waals surface area contributed by atoms with Crippen molar-refractivity contribution >= 4 is 11.9 Å². The quantitative estimate of drug-likeness (QED) is 0.0320. The van der Waals surface area contributed by atoms with E-state index in [-0.39, 0.29) is 18.5 Å². The molecule has 0 aromatic heterocycles. The first kappa shape index (κ1) is 77.6. The number of aliphatic hydroxyl groups excluding tert-OH is 2. The summed E-state index contributed by atoms with van der Waals surface area (Å²) < 4.78 is 5.49. The Balaban J connectivity index is 3.38. The second-order valence-corrected chi connectivity index (χ2v) is 25.3. The van der Waals surface area contributed by atoms with E-state index in [9.17, 15) is 19.8 Å². The fourth-order valence-corrected chi connectivity index (χ4v) is 11.8. The predicted octanol–water partition coefficient (Wildman–Crippen LogP) is 23.5. The minimum absolute atomic E-state index is 0.0178. The van der Waals surface area contributed by atoms with Crippen molar-refractivity contribution in [3.05, 3.63) is 12.2 Å². The predicted molar refractivity (Wildman–Crippen MR) is 347 cm³/mol. The summed E-state index contributed by atoms with van der Waals surface area (Å²) in [5.41, 5.74) is 0. The lowest BCUT2D eigenvalue weighted by molar-refractivity contribution is -0.143. The molecule has 0 heterocycles. The fourth-order valence-electron chi connectivity index (χ4n) is 11.8. The molecule has 0 aliphatic carbocycles. The van der Waals surface area contributed by atoms with Crippen molar-refractivity contribution in [1.82, 2.24) is 5.32 Å². The lowest BCUT2D eigenvalue weighted by atomic mass is 10.0. The van der Waals surface area contributed by atoms with Crippen LogP contribution in [0.2, 0.25) is 0 Å². The van der Waals surface area contributed by atoms with Gasteiger partial charge in [-0.25, -0.2) is 0 Å². The molecule has 0 aliphatic rings. The molecular weight excluding hydrogens is 971 g/mol. The molecule has 6 heteroatoms. The molecule has 0 fully saturated rings. The topological polar surface area (TPSA) is 95.9 Å². The van der Waals surface area contributed by atoms with Gasteiger partial charge in [-0.15, -0.1) is 0 Å². The van der Waals surface area contributed by atoms with Gasteiger partial charge in [-0.1, -0.05) is 366 Å². The standard InChI is InChI=1S/C73H143NO5/c1-3-5-7-9-11-13-15-17-19-20-21-22-29-32-35-38-41-45-49-53-57-61-65-71(76)70(69-75)74-72(77)66-62-58-54-50-46-42-39-36-33-30-27-25-23-24-26-28-31-34-37-40-44-48-52-56-60-64-68-79-73(78)67-63-59-55-51-47-43-18-16-14-12-10-8-6-4-2/h23,25,70-71,75-76H,3-22,24,26-69H2,1-2H3,(H,74,77)/b25-23-. The molecule has 470 valence electrons. The number of hydrogen-bond donors (Lipinski definition) is 3. The van der Waals surface area contributed by atoms with E-state index in [0.717, 1.165) is 38.5 Å². The third kappa shape index (κ3) is 65.6. The first-order valence-electron chi connectivity index (χ1n) is 36.4. The molecule has 0 aromatic carbocycles. The number of hydrogen-bond acceptors (Lipinski definition) is 5. The van der Waals surface area contributed by atoms with Gasteiger partial charge in [-0.05, 0) is 51.4 Å². The van der Waals surface area contributed by atoms with Gasteiger partial charge in [0, 0.05) is 12.8 Å². The molecule has 0 aromatic rings. The maximum atomic E-state index is 12.6. The molecular formula is C73H143NO5. The van der Waals surface area contributed by atoms with Gasteiger partial charge in [0.25, 0.3) is 0 Å². The Morgan fingerprint density at radius 1 is 0.342 bits per heavy atom. The Morgan fingerprint density at radius 2 is 0.595 bits per heavy atom. The number of aliphatic hydroxyl groups is 2. The zero-order valence-corrected chi connectivity index (χ0v) is 53.9. The first-order valence-corrected chi connectivity index (χ1v) is 36.4. The maximum absolute atomic E-state index is 12.6. The number of ether oxygens (including phenoxy) is 1. The molecule has 0 saturated heterocycles. The summed E-state index contributed by atoms with van der Waals surface area (Å²) in [6.07, 6.45) is 85.5. The highest BCUT2D eigenvalue weighted by atomic mass is 16.5. The number of carbonyl (C=O) groups excluding carboxylic acids is 2. The molecule has 0 saturated carbocycles. The van der Waals surface area contributed by atoms with Crippen LogP contribution in [0.5, 0.6) is 0 Å². The third-order valence-electron chi connectivity index (χ3n) is 17.3. The maximum Gasteiger partial charge on any atom is 0.305 e. The van der Waals surface area contributed by atoms with Crippen LogP contribution in [0.3, 0.4) is 0 Å². The van der Waals surface area contributed by atoms with Crippen LogP contribution < -0.4 is 5.32 Å². The van der Waals surface area contributed by atoms with E-state index in [4.69, 9.17) is 4.74 Å². The molecule has 2 atom stereocenters. The van der Waals surface area contributed by atoms with Crippen LogP contribution in [0, 0.1) is 0 Å². The van der Waals surface area contributed by atoms with Gasteiger partial charge in [-0.3, -0.25) is 9.59 Å². The van der Waals surface area contributed by atoms with E-state index in [2.05, 4.69) is 31.3 Å². The number of unbranched alkanes of at least 4 members (excludes halogenated alkanes) is 56. The monoisotopic (exact) mass is 1110 g/mol. The Bertz CT molecular complexity index is 1190. The van der Waals surface area contributed by atoms with Crippen molar-refractivity contribution in [3.63, 3.8) is 0 Å². The fraction of sp³-hybridized carbons (Fsp3) is 0.945. The lowest BCUT2D eigenvalue weighted by Crippen LogP contribution is -2.45. The lowest BCUT2D eigenvalue weighted by Gasteiger charge is -2.22. The number of nitrogens with one attached hydrogen (secondary N) is 1. The summed E-state index contributed by atoms with van der Waals surface area (Å²) in [6.45, 7) is 5.00. The van der Waals surface area contributed by atoms with Gasteiger partial charge in [0.05, 0.1) is 25.4 Å². The molecule has 0 aliphatic heterocycles. The second-order valence-electron chi connectivity index (χ2n) is 25.3. The summed E-state index contributed by atoms with van der Waals surface area (Å²) in [4.78, 5) is 24.6. The number of amides is 1. The van der Waals surface area contributed by atoms with Crippen molar-refractivity contribution in [1.29, 1.82) is 0 Å². The van der Waals surface area contributed by atoms with E-state index < -0.39 is 12.1 Å². The van der Waals surface area contributed by atoms with Crippen LogP contribution in [-0.2, 0) is 14.3 Å². The molecule has 6 nitrogen and oxygen atoms in total. The van der Waals surface area contributed by atoms with Crippen molar-refractivity contribution in [2.24, 2.45) is 0 Å². The van der Waals surface area contributed by atoms with Crippen LogP contribution in [0.4, 0.5) is 0 Å². The SMILES string of the molecule is CCCCCCCCCCCCCCCCCCCCCCCCC(O)C(CO)NC(=O)CCCCCCCCCCCC/C=C\CCCCCCCCCCCCCCOC(=O)CCCCCCCCCCCCCCCC. The molecule has 2 unspecified atom stereocenters. The van der Waals surface area contributed by atoms with E-state index in [1.807, 2.05) is 0 Å². The van der Waals surface area contributed by atoms with Crippen molar-refractivity contribution < 1.29 is 24.5 Å². The van der Waals surface area contributed by atoms with E-state index in [0.29, 0.717) is 25.9 Å². The highest BCUT2D eigenvalue weighted by Gasteiger charge is 2.20. The molecule has 79 heavy (non-hydrogen) atoms. The van der Waals surface area contributed by atoms with Gasteiger partial charge < -0.3 is 20.3 Å². The first-order chi connectivity index (χ1) is 39.0. The molecule has 0 radical (unpaired) electrons. The minimum atomic E-state index is -0.666. The molecule has 1 amide bonds. The molecule has 0 bridgehead atoms. The number of carbonyl (C=O) groups is 2. The minimum Gasteiger partial charge on any atom is -0.466 e.